The molecular weight excluding hydrogens is 271 g/mol. The van der Waals surface area contributed by atoms with E-state index in [0.717, 1.165) is 4.47 Å². The minimum absolute atomic E-state index is 0.0757. The highest BCUT2D eigenvalue weighted by Gasteiger charge is 2.05. The van der Waals surface area contributed by atoms with E-state index in [4.69, 9.17) is 16.3 Å². The van der Waals surface area contributed by atoms with Crippen molar-refractivity contribution in [2.45, 2.75) is 0 Å². The van der Waals surface area contributed by atoms with Gasteiger partial charge in [0, 0.05) is 17.6 Å². The van der Waals surface area contributed by atoms with Gasteiger partial charge in [-0.3, -0.25) is 0 Å². The first-order chi connectivity index (χ1) is 6.63. The molecule has 1 rings (SSSR count). The first-order valence-corrected chi connectivity index (χ1v) is 4.95. The number of carbonyl (C=O) groups is 1. The predicted molar refractivity (Wildman–Crippen MR) is 56.7 cm³/mol. The van der Waals surface area contributed by atoms with Gasteiger partial charge in [-0.2, -0.15) is 0 Å². The second-order valence-electron chi connectivity index (χ2n) is 2.48. The smallest absolute Gasteiger partial charge is 0.337 e. The van der Waals surface area contributed by atoms with Crippen molar-refractivity contribution in [3.05, 3.63) is 27.7 Å². The van der Waals surface area contributed by atoms with Crippen LogP contribution in [-0.2, 0) is 9.53 Å². The van der Waals surface area contributed by atoms with Crippen molar-refractivity contribution in [2.24, 2.45) is 0 Å². The number of carbonyl (C=O) groups excluding carboxylic acids is 1. The van der Waals surface area contributed by atoms with Crippen LogP contribution in [0.25, 0.3) is 0 Å². The Morgan fingerprint density at radius 3 is 2.86 bits per heavy atom. The summed E-state index contributed by atoms with van der Waals surface area (Å²) in [6.45, 7) is -0.0757. The van der Waals surface area contributed by atoms with Crippen molar-refractivity contribution in [3.63, 3.8) is 0 Å². The number of halogens is 2. The molecule has 0 unspecified atom stereocenters. The number of benzene rings is 1. The van der Waals surface area contributed by atoms with E-state index in [1.807, 2.05) is 0 Å². The van der Waals surface area contributed by atoms with Gasteiger partial charge in [-0.05, 0) is 28.1 Å². The molecule has 76 valence electrons. The van der Waals surface area contributed by atoms with Gasteiger partial charge in [0.05, 0.1) is 5.02 Å². The van der Waals surface area contributed by atoms with Crippen molar-refractivity contribution in [1.82, 2.24) is 0 Å². The van der Waals surface area contributed by atoms with E-state index in [9.17, 15) is 4.79 Å². The summed E-state index contributed by atoms with van der Waals surface area (Å²) < 4.78 is 10.3. The Labute approximate surface area is 95.1 Å². The molecule has 0 N–H and O–H groups in total. The van der Waals surface area contributed by atoms with Crippen LogP contribution in [0.5, 0.6) is 5.75 Å². The largest absolute Gasteiger partial charge is 0.425 e. The van der Waals surface area contributed by atoms with Gasteiger partial charge < -0.3 is 9.47 Å². The molecule has 0 aliphatic rings. The van der Waals surface area contributed by atoms with E-state index in [-0.39, 0.29) is 6.61 Å². The maximum Gasteiger partial charge on any atom is 0.337 e. The first kappa shape index (κ1) is 11.5. The molecule has 0 heterocycles. The monoisotopic (exact) mass is 278 g/mol. The summed E-state index contributed by atoms with van der Waals surface area (Å²) in [7, 11) is 1.43. The van der Waals surface area contributed by atoms with Gasteiger partial charge in [0.1, 0.15) is 12.4 Å². The van der Waals surface area contributed by atoms with Crippen LogP contribution in [-0.4, -0.2) is 19.7 Å². The van der Waals surface area contributed by atoms with Gasteiger partial charge in [-0.15, -0.1) is 0 Å². The fourth-order valence-corrected chi connectivity index (χ4v) is 1.24. The van der Waals surface area contributed by atoms with Gasteiger partial charge in [0.25, 0.3) is 0 Å². The number of hydrogen-bond donors (Lipinski definition) is 0. The first-order valence-electron chi connectivity index (χ1n) is 3.78. The Kier molecular flexibility index (Phi) is 4.38. The van der Waals surface area contributed by atoms with Crippen molar-refractivity contribution < 1.29 is 14.3 Å². The Hall–Kier alpha value is -0.580. The lowest BCUT2D eigenvalue weighted by atomic mass is 10.3. The number of ether oxygens (including phenoxy) is 2. The van der Waals surface area contributed by atoms with Crippen LogP contribution in [0.4, 0.5) is 0 Å². The molecule has 1 aromatic rings. The van der Waals surface area contributed by atoms with Crippen LogP contribution in [0.1, 0.15) is 0 Å². The Morgan fingerprint density at radius 2 is 2.29 bits per heavy atom. The molecule has 0 radical (unpaired) electrons. The molecule has 0 aliphatic heterocycles. The van der Waals surface area contributed by atoms with Crippen LogP contribution in [0.3, 0.4) is 0 Å². The van der Waals surface area contributed by atoms with Crippen LogP contribution >= 0.6 is 27.5 Å². The lowest BCUT2D eigenvalue weighted by Gasteiger charge is -2.04. The van der Waals surface area contributed by atoms with Crippen molar-refractivity contribution in [2.75, 3.05) is 13.7 Å². The Bertz CT molecular complexity index is 341. The van der Waals surface area contributed by atoms with Gasteiger partial charge in [-0.1, -0.05) is 11.6 Å². The second-order valence-corrected chi connectivity index (χ2v) is 3.74. The normalized spacial score (nSPS) is 9.93. The molecule has 0 aliphatic carbocycles. The van der Waals surface area contributed by atoms with E-state index in [1.54, 1.807) is 18.2 Å². The molecular formula is C9H8BrClO3. The lowest BCUT2D eigenvalue weighted by molar-refractivity contribution is -0.138. The Morgan fingerprint density at radius 1 is 1.57 bits per heavy atom. The Balaban J connectivity index is 2.68. The van der Waals surface area contributed by atoms with E-state index in [0.29, 0.717) is 10.8 Å². The third-order valence-corrected chi connectivity index (χ3v) is 2.62. The molecule has 3 nitrogen and oxygen atoms in total. The standard InChI is InChI=1S/C9H8BrClO3/c1-13-5-9(12)14-6-2-3-7(10)8(11)4-6/h2-4H,5H2,1H3. The van der Waals surface area contributed by atoms with Crippen LogP contribution in [0, 0.1) is 0 Å². The van der Waals surface area contributed by atoms with Crippen LogP contribution in [0.15, 0.2) is 22.7 Å². The van der Waals surface area contributed by atoms with Crippen molar-refractivity contribution in [1.29, 1.82) is 0 Å². The predicted octanol–water partition coefficient (Wildman–Crippen LogP) is 2.65. The summed E-state index contributed by atoms with van der Waals surface area (Å²) in [6.07, 6.45) is 0. The maximum atomic E-state index is 11.0. The summed E-state index contributed by atoms with van der Waals surface area (Å²) >= 11 is 9.03. The second kappa shape index (κ2) is 5.34. The molecule has 0 bridgehead atoms. The van der Waals surface area contributed by atoms with E-state index >= 15 is 0 Å². The molecule has 1 aromatic carbocycles. The minimum Gasteiger partial charge on any atom is -0.425 e. The van der Waals surface area contributed by atoms with Crippen molar-refractivity contribution in [3.8, 4) is 5.75 Å². The number of rotatable bonds is 3. The third-order valence-electron chi connectivity index (χ3n) is 1.38. The van der Waals surface area contributed by atoms with Gasteiger partial charge >= 0.3 is 5.97 Å². The lowest BCUT2D eigenvalue weighted by Crippen LogP contribution is -2.14. The zero-order valence-corrected chi connectivity index (χ0v) is 9.76. The average molecular weight is 280 g/mol. The summed E-state index contributed by atoms with van der Waals surface area (Å²) in [5, 5.41) is 0.493. The summed E-state index contributed by atoms with van der Waals surface area (Å²) in [6, 6.07) is 4.90. The number of methoxy groups -OCH3 is 1. The molecule has 0 fully saturated rings. The van der Waals surface area contributed by atoms with Gasteiger partial charge in [0.2, 0.25) is 0 Å². The molecule has 0 saturated carbocycles. The molecule has 0 aromatic heterocycles. The quantitative estimate of drug-likeness (QED) is 0.630. The van der Waals surface area contributed by atoms with E-state index in [1.165, 1.54) is 7.11 Å². The highest BCUT2D eigenvalue weighted by Crippen LogP contribution is 2.26. The summed E-state index contributed by atoms with van der Waals surface area (Å²) in [5.74, 6) is -0.0499. The topological polar surface area (TPSA) is 35.5 Å². The fraction of sp³-hybridized carbons (Fsp3) is 0.222. The number of hydrogen-bond acceptors (Lipinski definition) is 3. The van der Waals surface area contributed by atoms with Gasteiger partial charge in [-0.25, -0.2) is 4.79 Å². The summed E-state index contributed by atoms with van der Waals surface area (Å²) in [4.78, 5) is 11.0. The molecule has 14 heavy (non-hydrogen) atoms. The summed E-state index contributed by atoms with van der Waals surface area (Å²) in [5.41, 5.74) is 0. The third kappa shape index (κ3) is 3.29. The van der Waals surface area contributed by atoms with E-state index < -0.39 is 5.97 Å². The SMILES string of the molecule is COCC(=O)Oc1ccc(Br)c(Cl)c1. The maximum absolute atomic E-state index is 11.0. The van der Waals surface area contributed by atoms with E-state index in [2.05, 4.69) is 20.7 Å². The average Bonchev–Trinajstić information content (AvgIpc) is 2.12. The molecule has 0 amide bonds. The molecule has 0 atom stereocenters. The highest BCUT2D eigenvalue weighted by atomic mass is 79.9. The zero-order chi connectivity index (χ0) is 10.6. The van der Waals surface area contributed by atoms with Crippen LogP contribution < -0.4 is 4.74 Å². The zero-order valence-electron chi connectivity index (χ0n) is 7.42. The van der Waals surface area contributed by atoms with Crippen molar-refractivity contribution >= 4 is 33.5 Å². The molecule has 0 saturated heterocycles. The number of esters is 1. The minimum atomic E-state index is -0.453. The molecule has 0 spiro atoms. The van der Waals surface area contributed by atoms with Gasteiger partial charge in [0.15, 0.2) is 0 Å². The fourth-order valence-electron chi connectivity index (χ4n) is 0.819. The molecule has 5 heteroatoms. The van der Waals surface area contributed by atoms with Crippen LogP contribution in [0.2, 0.25) is 5.02 Å². The highest BCUT2D eigenvalue weighted by molar-refractivity contribution is 9.10.